The van der Waals surface area contributed by atoms with Gasteiger partial charge >= 0.3 is 0 Å². The van der Waals surface area contributed by atoms with Gasteiger partial charge in [0.1, 0.15) is 0 Å². The van der Waals surface area contributed by atoms with Crippen LogP contribution in [0.1, 0.15) is 24.5 Å². The van der Waals surface area contributed by atoms with Crippen molar-refractivity contribution in [3.63, 3.8) is 0 Å². The van der Waals surface area contributed by atoms with Crippen molar-refractivity contribution < 1.29 is 0 Å². The Morgan fingerprint density at radius 3 is 2.77 bits per heavy atom. The second kappa shape index (κ2) is 4.65. The van der Waals surface area contributed by atoms with Crippen molar-refractivity contribution in [1.29, 1.82) is 0 Å². The lowest BCUT2D eigenvalue weighted by molar-refractivity contribution is 1.25. The van der Waals surface area contributed by atoms with Gasteiger partial charge in [-0.2, -0.15) is 5.10 Å². The zero-order valence-electron chi connectivity index (χ0n) is 8.46. The van der Waals surface area contributed by atoms with E-state index in [1.807, 2.05) is 6.21 Å². The Morgan fingerprint density at radius 2 is 2.15 bits per heavy atom. The van der Waals surface area contributed by atoms with Crippen LogP contribution >= 0.6 is 0 Å². The van der Waals surface area contributed by atoms with Gasteiger partial charge in [-0.05, 0) is 31.9 Å². The predicted molar refractivity (Wildman–Crippen MR) is 58.3 cm³/mol. The summed E-state index contributed by atoms with van der Waals surface area (Å²) in [6, 6.07) is 6.28. The number of hydrogen-bond donors (Lipinski definition) is 1. The molecule has 1 aromatic rings. The molecular weight excluding hydrogens is 160 g/mol. The molecule has 0 heterocycles. The first-order valence-corrected chi connectivity index (χ1v) is 4.59. The molecule has 0 bridgehead atoms. The van der Waals surface area contributed by atoms with Gasteiger partial charge in [0.15, 0.2) is 0 Å². The molecule has 1 aromatic carbocycles. The SMILES string of the molecule is CCC=NNc1ccc(C)cc1C. The summed E-state index contributed by atoms with van der Waals surface area (Å²) in [7, 11) is 0. The van der Waals surface area contributed by atoms with Crippen LogP contribution in [0.3, 0.4) is 0 Å². The van der Waals surface area contributed by atoms with Crippen molar-refractivity contribution in [2.75, 3.05) is 5.43 Å². The second-order valence-corrected chi connectivity index (χ2v) is 3.15. The number of aryl methyl sites for hydroxylation is 2. The summed E-state index contributed by atoms with van der Waals surface area (Å²) >= 11 is 0. The van der Waals surface area contributed by atoms with Crippen LogP contribution in [0.25, 0.3) is 0 Å². The Kier molecular flexibility index (Phi) is 3.50. The first-order valence-electron chi connectivity index (χ1n) is 4.59. The van der Waals surface area contributed by atoms with Gasteiger partial charge in [0.25, 0.3) is 0 Å². The van der Waals surface area contributed by atoms with E-state index in [9.17, 15) is 0 Å². The van der Waals surface area contributed by atoms with Gasteiger partial charge < -0.3 is 0 Å². The maximum absolute atomic E-state index is 4.08. The molecule has 0 atom stereocenters. The smallest absolute Gasteiger partial charge is 0.0591 e. The number of nitrogens with zero attached hydrogens (tertiary/aromatic N) is 1. The average molecular weight is 176 g/mol. The van der Waals surface area contributed by atoms with E-state index in [-0.39, 0.29) is 0 Å². The monoisotopic (exact) mass is 176 g/mol. The molecule has 70 valence electrons. The van der Waals surface area contributed by atoms with Crippen LogP contribution in [0.5, 0.6) is 0 Å². The Hall–Kier alpha value is -1.31. The minimum Gasteiger partial charge on any atom is -0.279 e. The number of hydrazone groups is 1. The second-order valence-electron chi connectivity index (χ2n) is 3.15. The van der Waals surface area contributed by atoms with Crippen molar-refractivity contribution in [1.82, 2.24) is 0 Å². The summed E-state index contributed by atoms with van der Waals surface area (Å²) < 4.78 is 0. The van der Waals surface area contributed by atoms with E-state index < -0.39 is 0 Å². The molecule has 2 heteroatoms. The molecule has 13 heavy (non-hydrogen) atoms. The molecular formula is C11H16N2. The van der Waals surface area contributed by atoms with Gasteiger partial charge in [-0.25, -0.2) is 0 Å². The van der Waals surface area contributed by atoms with E-state index in [1.54, 1.807) is 0 Å². The normalized spacial score (nSPS) is 10.7. The number of benzene rings is 1. The molecule has 0 aromatic heterocycles. The predicted octanol–water partition coefficient (Wildman–Crippen LogP) is 3.11. The molecule has 0 saturated carbocycles. The molecule has 1 rings (SSSR count). The topological polar surface area (TPSA) is 24.4 Å². The molecule has 0 amide bonds. The lowest BCUT2D eigenvalue weighted by Gasteiger charge is -2.04. The minimum absolute atomic E-state index is 0.956. The van der Waals surface area contributed by atoms with Crippen LogP contribution in [-0.2, 0) is 0 Å². The number of nitrogens with one attached hydrogen (secondary N) is 1. The summed E-state index contributed by atoms with van der Waals surface area (Å²) in [4.78, 5) is 0. The van der Waals surface area contributed by atoms with Crippen LogP contribution in [0, 0.1) is 13.8 Å². The Labute approximate surface area is 79.7 Å². The molecule has 0 saturated heterocycles. The van der Waals surface area contributed by atoms with Crippen molar-refractivity contribution in [2.24, 2.45) is 5.10 Å². The molecule has 0 radical (unpaired) electrons. The fraction of sp³-hybridized carbons (Fsp3) is 0.364. The fourth-order valence-electron chi connectivity index (χ4n) is 1.15. The fourth-order valence-corrected chi connectivity index (χ4v) is 1.15. The third kappa shape index (κ3) is 2.90. The minimum atomic E-state index is 0.956. The van der Waals surface area contributed by atoms with Crippen molar-refractivity contribution >= 4 is 11.9 Å². The Bertz CT molecular complexity index is 303. The summed E-state index contributed by atoms with van der Waals surface area (Å²) in [5.41, 5.74) is 6.60. The largest absolute Gasteiger partial charge is 0.279 e. The van der Waals surface area contributed by atoms with Gasteiger partial charge in [-0.1, -0.05) is 24.6 Å². The highest BCUT2D eigenvalue weighted by molar-refractivity contribution is 5.60. The number of hydrogen-bond acceptors (Lipinski definition) is 2. The van der Waals surface area contributed by atoms with Gasteiger partial charge in [0.2, 0.25) is 0 Å². The maximum Gasteiger partial charge on any atom is 0.0591 e. The quantitative estimate of drug-likeness (QED) is 0.555. The van der Waals surface area contributed by atoms with Gasteiger partial charge in [0, 0.05) is 6.21 Å². The van der Waals surface area contributed by atoms with E-state index in [0.717, 1.165) is 12.1 Å². The first-order chi connectivity index (χ1) is 6.24. The van der Waals surface area contributed by atoms with Crippen molar-refractivity contribution in [3.05, 3.63) is 29.3 Å². The van der Waals surface area contributed by atoms with Gasteiger partial charge in [0.05, 0.1) is 5.69 Å². The van der Waals surface area contributed by atoms with Crippen molar-refractivity contribution in [3.8, 4) is 0 Å². The van der Waals surface area contributed by atoms with E-state index in [0.29, 0.717) is 0 Å². The van der Waals surface area contributed by atoms with E-state index in [2.05, 4.69) is 49.5 Å². The maximum atomic E-state index is 4.08. The molecule has 0 fully saturated rings. The Balaban J connectivity index is 2.72. The number of anilines is 1. The van der Waals surface area contributed by atoms with Crippen LogP contribution in [-0.4, -0.2) is 6.21 Å². The molecule has 1 N–H and O–H groups in total. The van der Waals surface area contributed by atoms with E-state index in [1.165, 1.54) is 11.1 Å². The van der Waals surface area contributed by atoms with Crippen LogP contribution in [0.15, 0.2) is 23.3 Å². The van der Waals surface area contributed by atoms with E-state index in [4.69, 9.17) is 0 Å². The van der Waals surface area contributed by atoms with Crippen LogP contribution in [0.2, 0.25) is 0 Å². The van der Waals surface area contributed by atoms with Crippen LogP contribution < -0.4 is 5.43 Å². The highest BCUT2D eigenvalue weighted by atomic mass is 15.3. The summed E-state index contributed by atoms with van der Waals surface area (Å²) in [5.74, 6) is 0. The standard InChI is InChI=1S/C11H16N2/c1-4-7-12-13-11-6-5-9(2)8-10(11)3/h5-8,13H,4H2,1-3H3. The molecule has 2 nitrogen and oxygen atoms in total. The van der Waals surface area contributed by atoms with E-state index >= 15 is 0 Å². The summed E-state index contributed by atoms with van der Waals surface area (Å²) in [5, 5.41) is 4.08. The number of rotatable bonds is 3. The summed E-state index contributed by atoms with van der Waals surface area (Å²) in [6.07, 6.45) is 2.82. The summed E-state index contributed by atoms with van der Waals surface area (Å²) in [6.45, 7) is 6.23. The average Bonchev–Trinajstić information content (AvgIpc) is 2.09. The van der Waals surface area contributed by atoms with Gasteiger partial charge in [-0.15, -0.1) is 0 Å². The first kappa shape index (κ1) is 9.78. The zero-order chi connectivity index (χ0) is 9.68. The third-order valence-electron chi connectivity index (χ3n) is 1.84. The van der Waals surface area contributed by atoms with Crippen LogP contribution in [0.4, 0.5) is 5.69 Å². The lowest BCUT2D eigenvalue weighted by Crippen LogP contribution is -1.92. The molecule has 0 aliphatic carbocycles. The molecule has 0 spiro atoms. The molecule has 0 aliphatic rings. The van der Waals surface area contributed by atoms with Crippen molar-refractivity contribution in [2.45, 2.75) is 27.2 Å². The third-order valence-corrected chi connectivity index (χ3v) is 1.84. The molecule has 0 aliphatic heterocycles. The Morgan fingerprint density at radius 1 is 1.38 bits per heavy atom. The van der Waals surface area contributed by atoms with Gasteiger partial charge in [-0.3, -0.25) is 5.43 Å². The molecule has 0 unspecified atom stereocenters. The highest BCUT2D eigenvalue weighted by Gasteiger charge is 1.94. The highest BCUT2D eigenvalue weighted by Crippen LogP contribution is 2.15. The lowest BCUT2D eigenvalue weighted by atomic mass is 10.1. The zero-order valence-corrected chi connectivity index (χ0v) is 8.46.